The van der Waals surface area contributed by atoms with Crippen molar-refractivity contribution in [2.45, 2.75) is 31.3 Å². The SMILES string of the molecule is COc1cc([C@@H]2Oc3cc(OC)c4c(c3[C@H]2Cc2c(O)cc(OC)c3c2ccc2cc(O)ccc23)CCc2cc(O)ccc2-4)ccc1O. The highest BCUT2D eigenvalue weighted by Gasteiger charge is 2.41. The van der Waals surface area contributed by atoms with Crippen molar-refractivity contribution in [2.24, 2.45) is 0 Å². The van der Waals surface area contributed by atoms with Gasteiger partial charge in [0.25, 0.3) is 0 Å². The standard InChI is InChI=1S/C40H34O8/c1-45-33-16-22(6-13-31(33)43)40-30(17-29-27-9-4-20-14-23(41)7-11-25(20)37(27)34(46-2)18-32(29)44)39-28-10-5-21-15-24(42)8-12-26(21)38(28)35(47-3)19-36(39)48-40/h4,6-9,11-16,18-19,30,40-44H,5,10,17H2,1-3H3/t30-,40+/m1/s1. The highest BCUT2D eigenvalue weighted by atomic mass is 16.5. The van der Waals surface area contributed by atoms with Gasteiger partial charge in [0.2, 0.25) is 0 Å². The van der Waals surface area contributed by atoms with Crippen molar-refractivity contribution in [1.82, 2.24) is 0 Å². The molecule has 0 spiro atoms. The number of aromatic hydroxyl groups is 4. The highest BCUT2D eigenvalue weighted by molar-refractivity contribution is 6.12. The van der Waals surface area contributed by atoms with Gasteiger partial charge >= 0.3 is 0 Å². The van der Waals surface area contributed by atoms with Crippen molar-refractivity contribution in [2.75, 3.05) is 21.3 Å². The number of ether oxygens (including phenoxy) is 4. The smallest absolute Gasteiger partial charge is 0.160 e. The number of phenols is 4. The molecule has 0 unspecified atom stereocenters. The minimum atomic E-state index is -0.485. The summed E-state index contributed by atoms with van der Waals surface area (Å²) < 4.78 is 24.0. The minimum absolute atomic E-state index is 0.0314. The molecule has 1 aliphatic heterocycles. The number of methoxy groups -OCH3 is 3. The van der Waals surface area contributed by atoms with E-state index in [0.717, 1.165) is 66.9 Å². The quantitative estimate of drug-likeness (QED) is 0.135. The monoisotopic (exact) mass is 642 g/mol. The van der Waals surface area contributed by atoms with Gasteiger partial charge in [-0.05, 0) is 100 Å². The van der Waals surface area contributed by atoms with Crippen LogP contribution in [0.3, 0.4) is 0 Å². The predicted molar refractivity (Wildman–Crippen MR) is 183 cm³/mol. The molecular formula is C40H34O8. The zero-order valence-electron chi connectivity index (χ0n) is 26.7. The van der Waals surface area contributed by atoms with Gasteiger partial charge in [0.15, 0.2) is 11.5 Å². The first kappa shape index (κ1) is 29.6. The van der Waals surface area contributed by atoms with E-state index in [9.17, 15) is 20.4 Å². The molecule has 0 radical (unpaired) electrons. The number of hydrogen-bond acceptors (Lipinski definition) is 8. The molecule has 48 heavy (non-hydrogen) atoms. The van der Waals surface area contributed by atoms with Gasteiger partial charge in [-0.15, -0.1) is 0 Å². The Bertz CT molecular complexity index is 2270. The zero-order valence-corrected chi connectivity index (χ0v) is 26.7. The third-order valence-corrected chi connectivity index (χ3v) is 9.94. The summed E-state index contributed by atoms with van der Waals surface area (Å²) in [6.45, 7) is 0. The van der Waals surface area contributed by atoms with Crippen LogP contribution in [-0.4, -0.2) is 41.8 Å². The van der Waals surface area contributed by atoms with Crippen LogP contribution < -0.4 is 18.9 Å². The first-order valence-corrected chi connectivity index (χ1v) is 15.8. The molecule has 0 amide bonds. The van der Waals surface area contributed by atoms with Crippen LogP contribution in [-0.2, 0) is 19.3 Å². The molecule has 6 aromatic rings. The van der Waals surface area contributed by atoms with Gasteiger partial charge in [-0.2, -0.15) is 0 Å². The third-order valence-electron chi connectivity index (χ3n) is 9.94. The Morgan fingerprint density at radius 1 is 0.688 bits per heavy atom. The molecule has 4 N–H and O–H groups in total. The summed E-state index contributed by atoms with van der Waals surface area (Å²) in [5.41, 5.74) is 6.74. The van der Waals surface area contributed by atoms with Crippen molar-refractivity contribution >= 4 is 21.5 Å². The number of hydrogen-bond donors (Lipinski definition) is 4. The Morgan fingerprint density at radius 2 is 1.44 bits per heavy atom. The molecule has 1 heterocycles. The maximum atomic E-state index is 11.6. The second kappa shape index (κ2) is 11.2. The van der Waals surface area contributed by atoms with Crippen LogP contribution in [0.15, 0.2) is 78.9 Å². The summed E-state index contributed by atoms with van der Waals surface area (Å²) in [6, 6.07) is 23.5. The van der Waals surface area contributed by atoms with Crippen LogP contribution in [0.4, 0.5) is 0 Å². The Morgan fingerprint density at radius 3 is 2.23 bits per heavy atom. The Kier molecular flexibility index (Phi) is 6.91. The lowest BCUT2D eigenvalue weighted by atomic mass is 9.76. The van der Waals surface area contributed by atoms with Crippen LogP contribution in [0.25, 0.3) is 32.7 Å². The molecule has 6 aromatic carbocycles. The van der Waals surface area contributed by atoms with Crippen molar-refractivity contribution < 1.29 is 39.4 Å². The maximum absolute atomic E-state index is 11.6. The molecular weight excluding hydrogens is 608 g/mol. The van der Waals surface area contributed by atoms with Gasteiger partial charge in [0.05, 0.1) is 21.3 Å². The van der Waals surface area contributed by atoms with Crippen LogP contribution in [0, 0.1) is 0 Å². The molecule has 2 atom stereocenters. The molecule has 1 aliphatic carbocycles. The molecule has 0 bridgehead atoms. The van der Waals surface area contributed by atoms with Gasteiger partial charge in [-0.25, -0.2) is 0 Å². The molecule has 8 nitrogen and oxygen atoms in total. The van der Waals surface area contributed by atoms with E-state index < -0.39 is 6.10 Å². The minimum Gasteiger partial charge on any atom is -0.508 e. The number of fused-ring (bicyclic) bond motifs is 8. The fraction of sp³-hybridized carbons (Fsp3) is 0.200. The normalized spacial score (nSPS) is 16.2. The van der Waals surface area contributed by atoms with E-state index in [0.29, 0.717) is 35.8 Å². The van der Waals surface area contributed by atoms with Crippen LogP contribution >= 0.6 is 0 Å². The van der Waals surface area contributed by atoms with Gasteiger partial charge in [0, 0.05) is 40.1 Å². The van der Waals surface area contributed by atoms with E-state index in [4.69, 9.17) is 18.9 Å². The molecule has 8 rings (SSSR count). The number of benzene rings is 6. The molecule has 0 saturated carbocycles. The summed E-state index contributed by atoms with van der Waals surface area (Å²) in [4.78, 5) is 0. The Balaban J connectivity index is 1.37. The van der Waals surface area contributed by atoms with E-state index in [1.807, 2.05) is 42.5 Å². The molecule has 0 fully saturated rings. The van der Waals surface area contributed by atoms with E-state index in [1.165, 1.54) is 7.11 Å². The molecule has 242 valence electrons. The first-order valence-electron chi connectivity index (χ1n) is 15.8. The summed E-state index contributed by atoms with van der Waals surface area (Å²) in [6.07, 6.45) is 1.37. The van der Waals surface area contributed by atoms with E-state index in [1.54, 1.807) is 50.6 Å². The van der Waals surface area contributed by atoms with Crippen molar-refractivity contribution in [3.05, 3.63) is 107 Å². The summed E-state index contributed by atoms with van der Waals surface area (Å²) in [5, 5.41) is 45.9. The van der Waals surface area contributed by atoms with E-state index in [-0.39, 0.29) is 28.9 Å². The van der Waals surface area contributed by atoms with Gasteiger partial charge in [-0.1, -0.05) is 24.3 Å². The number of rotatable bonds is 6. The largest absolute Gasteiger partial charge is 0.508 e. The molecule has 0 aromatic heterocycles. The molecule has 0 saturated heterocycles. The first-order chi connectivity index (χ1) is 23.3. The van der Waals surface area contributed by atoms with Gasteiger partial charge in [-0.3, -0.25) is 0 Å². The van der Waals surface area contributed by atoms with Crippen LogP contribution in [0.1, 0.15) is 39.8 Å². The lowest BCUT2D eigenvalue weighted by molar-refractivity contribution is 0.207. The zero-order chi connectivity index (χ0) is 33.3. The Hall–Kier alpha value is -5.76. The number of phenolic OH excluding ortho intramolecular Hbond substituents is 4. The Labute approximate surface area is 277 Å². The lowest BCUT2D eigenvalue weighted by Gasteiger charge is -2.27. The van der Waals surface area contributed by atoms with Crippen molar-refractivity contribution in [3.63, 3.8) is 0 Å². The second-order valence-corrected chi connectivity index (χ2v) is 12.4. The predicted octanol–water partition coefficient (Wildman–Crippen LogP) is 8.07. The molecule has 2 aliphatic rings. The van der Waals surface area contributed by atoms with Crippen LogP contribution in [0.2, 0.25) is 0 Å². The topological polar surface area (TPSA) is 118 Å². The summed E-state index contributed by atoms with van der Waals surface area (Å²) in [5.74, 6) is 2.54. The summed E-state index contributed by atoms with van der Waals surface area (Å²) in [7, 11) is 4.75. The number of aryl methyl sites for hydroxylation is 1. The maximum Gasteiger partial charge on any atom is 0.160 e. The lowest BCUT2D eigenvalue weighted by Crippen LogP contribution is -2.15. The van der Waals surface area contributed by atoms with Crippen molar-refractivity contribution in [3.8, 4) is 57.1 Å². The average Bonchev–Trinajstić information content (AvgIpc) is 3.46. The van der Waals surface area contributed by atoms with E-state index >= 15 is 0 Å². The van der Waals surface area contributed by atoms with Gasteiger partial charge < -0.3 is 39.4 Å². The highest BCUT2D eigenvalue weighted by Crippen LogP contribution is 2.57. The van der Waals surface area contributed by atoms with E-state index in [2.05, 4.69) is 0 Å². The molecule has 8 heteroatoms. The van der Waals surface area contributed by atoms with Gasteiger partial charge in [0.1, 0.15) is 40.6 Å². The average molecular weight is 643 g/mol. The van der Waals surface area contributed by atoms with Crippen molar-refractivity contribution in [1.29, 1.82) is 0 Å². The van der Waals surface area contributed by atoms with Crippen LogP contribution in [0.5, 0.6) is 46.0 Å². The second-order valence-electron chi connectivity index (χ2n) is 12.4. The third kappa shape index (κ3) is 4.51. The fourth-order valence-corrected chi connectivity index (χ4v) is 7.81. The summed E-state index contributed by atoms with van der Waals surface area (Å²) >= 11 is 0. The fourth-order valence-electron chi connectivity index (χ4n) is 7.81.